The molecule has 0 unspecified atom stereocenters. The number of halogens is 2. The van der Waals surface area contributed by atoms with E-state index in [1.165, 1.54) is 23.1 Å². The first-order valence-corrected chi connectivity index (χ1v) is 14.8. The van der Waals surface area contributed by atoms with Crippen molar-refractivity contribution in [3.05, 3.63) is 101 Å². The molecule has 0 saturated carbocycles. The predicted molar refractivity (Wildman–Crippen MR) is 152 cm³/mol. The molecule has 7 nitrogen and oxygen atoms in total. The average molecular weight is 574 g/mol. The summed E-state index contributed by atoms with van der Waals surface area (Å²) in [5.74, 6) is -1.60. The summed E-state index contributed by atoms with van der Waals surface area (Å²) in [6, 6.07) is 20.1. The van der Waals surface area contributed by atoms with Gasteiger partial charge in [-0.1, -0.05) is 67.1 Å². The first-order chi connectivity index (χ1) is 18.5. The van der Waals surface area contributed by atoms with Crippen molar-refractivity contribution >= 4 is 39.1 Å². The Balaban J connectivity index is 2.05. The van der Waals surface area contributed by atoms with Crippen LogP contribution in [0.1, 0.15) is 31.4 Å². The summed E-state index contributed by atoms with van der Waals surface area (Å²) < 4.78 is 40.3. The summed E-state index contributed by atoms with van der Waals surface area (Å²) in [4.78, 5) is 28.9. The molecule has 0 bridgehead atoms. The third-order valence-electron chi connectivity index (χ3n) is 6.31. The van der Waals surface area contributed by atoms with Crippen LogP contribution < -0.4 is 9.62 Å². The molecule has 2 atom stereocenters. The molecule has 3 aromatic rings. The van der Waals surface area contributed by atoms with Crippen LogP contribution in [0.5, 0.6) is 0 Å². The molecule has 0 saturated heterocycles. The summed E-state index contributed by atoms with van der Waals surface area (Å²) in [7, 11) is -3.97. The van der Waals surface area contributed by atoms with E-state index in [-0.39, 0.29) is 30.6 Å². The van der Waals surface area contributed by atoms with Crippen molar-refractivity contribution < 1.29 is 22.4 Å². The molecule has 0 radical (unpaired) electrons. The molecule has 3 aromatic carbocycles. The van der Waals surface area contributed by atoms with Crippen molar-refractivity contribution in [2.24, 2.45) is 0 Å². The molecule has 3 rings (SSSR count). The summed E-state index contributed by atoms with van der Waals surface area (Å²) in [5.41, 5.74) is 1.56. The van der Waals surface area contributed by atoms with Crippen molar-refractivity contribution in [3.63, 3.8) is 0 Å². The lowest BCUT2D eigenvalue weighted by Gasteiger charge is -2.34. The van der Waals surface area contributed by atoms with Crippen LogP contribution in [0.15, 0.2) is 78.9 Å². The van der Waals surface area contributed by atoms with Gasteiger partial charge in [-0.2, -0.15) is 0 Å². The molecule has 1 N–H and O–H groups in total. The van der Waals surface area contributed by atoms with E-state index < -0.39 is 34.3 Å². The maximum Gasteiger partial charge on any atom is 0.244 e. The largest absolute Gasteiger partial charge is 0.352 e. The molecule has 208 valence electrons. The van der Waals surface area contributed by atoms with Crippen LogP contribution in [0.2, 0.25) is 5.02 Å². The summed E-state index contributed by atoms with van der Waals surface area (Å²) in [5, 5.41) is 3.48. The Labute approximate surface area is 234 Å². The van der Waals surface area contributed by atoms with E-state index in [1.54, 1.807) is 24.3 Å². The Kier molecular flexibility index (Phi) is 10.5. The number of nitrogens with one attached hydrogen (secondary N) is 1. The van der Waals surface area contributed by atoms with Crippen molar-refractivity contribution in [2.45, 2.75) is 45.3 Å². The number of hydrogen-bond acceptors (Lipinski definition) is 4. The Morgan fingerprint density at radius 1 is 0.974 bits per heavy atom. The summed E-state index contributed by atoms with van der Waals surface area (Å²) in [6.07, 6.45) is 1.85. The molecule has 0 heterocycles. The lowest BCUT2D eigenvalue weighted by molar-refractivity contribution is -0.140. The van der Waals surface area contributed by atoms with Gasteiger partial charge in [-0.05, 0) is 54.8 Å². The molecule has 0 aromatic heterocycles. The monoisotopic (exact) mass is 573 g/mol. The first kappa shape index (κ1) is 30.1. The highest BCUT2D eigenvalue weighted by Crippen LogP contribution is 2.21. The second kappa shape index (κ2) is 13.6. The Morgan fingerprint density at radius 3 is 2.23 bits per heavy atom. The van der Waals surface area contributed by atoms with Gasteiger partial charge in [0.05, 0.1) is 11.9 Å². The van der Waals surface area contributed by atoms with Crippen LogP contribution in [-0.2, 0) is 32.6 Å². The van der Waals surface area contributed by atoms with Gasteiger partial charge in [-0.15, -0.1) is 0 Å². The van der Waals surface area contributed by atoms with E-state index in [0.29, 0.717) is 17.0 Å². The van der Waals surface area contributed by atoms with Crippen LogP contribution in [0.25, 0.3) is 0 Å². The first-order valence-electron chi connectivity index (χ1n) is 12.6. The molecule has 0 aliphatic rings. The van der Waals surface area contributed by atoms with Crippen molar-refractivity contribution in [1.29, 1.82) is 0 Å². The number of anilines is 1. The van der Waals surface area contributed by atoms with E-state index in [9.17, 15) is 22.4 Å². The maximum absolute atomic E-state index is 14.0. The summed E-state index contributed by atoms with van der Waals surface area (Å²) >= 11 is 6.06. The SMILES string of the molecule is CC[C@@H](C)NC(=O)[C@@H](Cc1ccccc1)N(Cc1ccc(Cl)cc1)C(=O)CN(c1cccc(F)c1)S(C)(=O)=O. The molecule has 0 spiro atoms. The fraction of sp³-hybridized carbons (Fsp3) is 0.310. The van der Waals surface area contributed by atoms with Gasteiger partial charge in [0.2, 0.25) is 21.8 Å². The molecular formula is C29H33ClFN3O4S. The number of hydrogen-bond donors (Lipinski definition) is 1. The van der Waals surface area contributed by atoms with E-state index in [0.717, 1.165) is 22.2 Å². The topological polar surface area (TPSA) is 86.8 Å². The zero-order valence-electron chi connectivity index (χ0n) is 22.2. The van der Waals surface area contributed by atoms with Crippen molar-refractivity contribution in [1.82, 2.24) is 10.2 Å². The number of rotatable bonds is 12. The number of nitrogens with zero attached hydrogens (tertiary/aromatic N) is 2. The minimum absolute atomic E-state index is 0.0148. The standard InChI is InChI=1S/C29H33ClFN3O4S/c1-4-21(2)32-29(36)27(17-22-9-6-5-7-10-22)33(19-23-13-15-24(30)16-14-23)28(35)20-34(39(3,37)38)26-12-8-11-25(31)18-26/h5-16,18,21,27H,4,17,19-20H2,1-3H3,(H,32,36)/t21-,27-/m1/s1. The Morgan fingerprint density at radius 2 is 1.64 bits per heavy atom. The van der Waals surface area contributed by atoms with E-state index in [1.807, 2.05) is 44.2 Å². The van der Waals surface area contributed by atoms with E-state index >= 15 is 0 Å². The quantitative estimate of drug-likeness (QED) is 0.337. The van der Waals surface area contributed by atoms with Gasteiger partial charge in [0.15, 0.2) is 0 Å². The number of carbonyl (C=O) groups excluding carboxylic acids is 2. The number of benzene rings is 3. The van der Waals surface area contributed by atoms with E-state index in [2.05, 4.69) is 5.32 Å². The lowest BCUT2D eigenvalue weighted by atomic mass is 10.0. The normalized spacial score (nSPS) is 12.8. The number of carbonyl (C=O) groups is 2. The van der Waals surface area contributed by atoms with Gasteiger partial charge < -0.3 is 10.2 Å². The number of amides is 2. The molecule has 39 heavy (non-hydrogen) atoms. The van der Waals surface area contributed by atoms with Crippen LogP contribution >= 0.6 is 11.6 Å². The smallest absolute Gasteiger partial charge is 0.244 e. The van der Waals surface area contributed by atoms with Gasteiger partial charge in [-0.25, -0.2) is 12.8 Å². The zero-order valence-corrected chi connectivity index (χ0v) is 23.8. The maximum atomic E-state index is 14.0. The van der Waals surface area contributed by atoms with Crippen LogP contribution in [0.3, 0.4) is 0 Å². The molecule has 0 aliphatic heterocycles. The highest BCUT2D eigenvalue weighted by Gasteiger charge is 2.33. The Hall–Kier alpha value is -3.43. The fourth-order valence-electron chi connectivity index (χ4n) is 4.03. The third-order valence-corrected chi connectivity index (χ3v) is 7.71. The second-order valence-electron chi connectivity index (χ2n) is 9.42. The minimum atomic E-state index is -3.97. The minimum Gasteiger partial charge on any atom is -0.352 e. The second-order valence-corrected chi connectivity index (χ2v) is 11.8. The highest BCUT2D eigenvalue weighted by atomic mass is 35.5. The molecule has 0 aliphatic carbocycles. The van der Waals surface area contributed by atoms with Gasteiger partial charge in [-0.3, -0.25) is 13.9 Å². The van der Waals surface area contributed by atoms with Crippen molar-refractivity contribution in [3.8, 4) is 0 Å². The summed E-state index contributed by atoms with van der Waals surface area (Å²) in [6.45, 7) is 3.23. The molecule has 10 heteroatoms. The van der Waals surface area contributed by atoms with Gasteiger partial charge >= 0.3 is 0 Å². The van der Waals surface area contributed by atoms with Crippen LogP contribution in [-0.4, -0.2) is 50.0 Å². The lowest BCUT2D eigenvalue weighted by Crippen LogP contribution is -2.54. The van der Waals surface area contributed by atoms with Crippen LogP contribution in [0.4, 0.5) is 10.1 Å². The molecule has 0 fully saturated rings. The third kappa shape index (κ3) is 8.80. The van der Waals surface area contributed by atoms with Crippen LogP contribution in [0, 0.1) is 5.82 Å². The van der Waals surface area contributed by atoms with Gasteiger partial charge in [0.1, 0.15) is 18.4 Å². The predicted octanol–water partition coefficient (Wildman–Crippen LogP) is 4.80. The highest BCUT2D eigenvalue weighted by molar-refractivity contribution is 7.92. The average Bonchev–Trinajstić information content (AvgIpc) is 2.90. The zero-order chi connectivity index (χ0) is 28.6. The van der Waals surface area contributed by atoms with Gasteiger partial charge in [0.25, 0.3) is 0 Å². The molecular weight excluding hydrogens is 541 g/mol. The molecule has 2 amide bonds. The van der Waals surface area contributed by atoms with E-state index in [4.69, 9.17) is 11.6 Å². The van der Waals surface area contributed by atoms with Gasteiger partial charge in [0, 0.05) is 24.0 Å². The number of sulfonamides is 1. The van der Waals surface area contributed by atoms with Crippen molar-refractivity contribution in [2.75, 3.05) is 17.1 Å². The fourth-order valence-corrected chi connectivity index (χ4v) is 4.99. The Bertz CT molecular complexity index is 1370.